The zero-order valence-electron chi connectivity index (χ0n) is 19.6. The van der Waals surface area contributed by atoms with Gasteiger partial charge in [-0.1, -0.05) is 12.1 Å². The standard InChI is InChI=1S/C25H30N2O6/c1-26(2)17-9-7-16(8-10-17)22-21(24(29)25(30)27(22)13-6-14-31-3)23(28)19-12-11-18(32-4)15-20(19)33-5/h7-12,15,22,28H,6,13-14H2,1-5H3/b23-21-. The summed E-state index contributed by atoms with van der Waals surface area (Å²) >= 11 is 0. The van der Waals surface area contributed by atoms with E-state index in [2.05, 4.69) is 0 Å². The van der Waals surface area contributed by atoms with Gasteiger partial charge in [-0.3, -0.25) is 9.59 Å². The third-order valence-electron chi connectivity index (χ3n) is 5.68. The van der Waals surface area contributed by atoms with Crippen LogP contribution in [0.25, 0.3) is 5.76 Å². The van der Waals surface area contributed by atoms with Crippen LogP contribution < -0.4 is 14.4 Å². The lowest BCUT2D eigenvalue weighted by atomic mass is 9.94. The third kappa shape index (κ3) is 4.80. The smallest absolute Gasteiger partial charge is 0.295 e. The predicted octanol–water partition coefficient (Wildman–Crippen LogP) is 3.23. The summed E-state index contributed by atoms with van der Waals surface area (Å²) < 4.78 is 15.8. The van der Waals surface area contributed by atoms with Crippen LogP contribution in [-0.2, 0) is 14.3 Å². The first-order valence-corrected chi connectivity index (χ1v) is 10.6. The van der Waals surface area contributed by atoms with Crippen LogP contribution in [-0.4, -0.2) is 70.3 Å². The van der Waals surface area contributed by atoms with Crippen molar-refractivity contribution < 1.29 is 28.9 Å². The van der Waals surface area contributed by atoms with Crippen LogP contribution >= 0.6 is 0 Å². The Balaban J connectivity index is 2.16. The fourth-order valence-electron chi connectivity index (χ4n) is 3.93. The predicted molar refractivity (Wildman–Crippen MR) is 126 cm³/mol. The lowest BCUT2D eigenvalue weighted by Gasteiger charge is -2.26. The third-order valence-corrected chi connectivity index (χ3v) is 5.68. The molecule has 0 saturated carbocycles. The number of benzene rings is 2. The molecule has 2 aromatic rings. The summed E-state index contributed by atoms with van der Waals surface area (Å²) in [6, 6.07) is 11.7. The lowest BCUT2D eigenvalue weighted by molar-refractivity contribution is -0.140. The number of anilines is 1. The summed E-state index contributed by atoms with van der Waals surface area (Å²) in [5.74, 6) is -0.798. The van der Waals surface area contributed by atoms with E-state index >= 15 is 0 Å². The summed E-state index contributed by atoms with van der Waals surface area (Å²) in [5, 5.41) is 11.3. The molecule has 1 atom stereocenters. The molecule has 176 valence electrons. The van der Waals surface area contributed by atoms with E-state index in [0.29, 0.717) is 36.6 Å². The summed E-state index contributed by atoms with van der Waals surface area (Å²) in [7, 11) is 8.44. The molecule has 0 radical (unpaired) electrons. The van der Waals surface area contributed by atoms with Gasteiger partial charge in [-0.15, -0.1) is 0 Å². The number of Topliss-reactive ketones (excluding diaryl/α,β-unsaturated/α-hetero) is 1. The number of amides is 1. The Hall–Kier alpha value is -3.52. The van der Waals surface area contributed by atoms with E-state index in [1.807, 2.05) is 43.3 Å². The van der Waals surface area contributed by atoms with E-state index in [0.717, 1.165) is 11.3 Å². The Kier molecular flexibility index (Phi) is 7.60. The SMILES string of the molecule is COCCCN1C(=O)C(=O)/C(=C(\O)c2ccc(OC)cc2OC)C1c1ccc(N(C)C)cc1. The van der Waals surface area contributed by atoms with Crippen molar-refractivity contribution in [2.45, 2.75) is 12.5 Å². The molecule has 1 aliphatic rings. The van der Waals surface area contributed by atoms with Crippen molar-refractivity contribution in [1.82, 2.24) is 4.90 Å². The second-order valence-corrected chi connectivity index (χ2v) is 7.89. The molecule has 8 heteroatoms. The number of likely N-dealkylation sites (tertiary alicyclic amines) is 1. The molecule has 3 rings (SSSR count). The molecule has 1 fully saturated rings. The van der Waals surface area contributed by atoms with Gasteiger partial charge in [0.1, 0.15) is 17.3 Å². The monoisotopic (exact) mass is 454 g/mol. The van der Waals surface area contributed by atoms with E-state index < -0.39 is 17.7 Å². The molecule has 33 heavy (non-hydrogen) atoms. The molecule has 1 saturated heterocycles. The van der Waals surface area contributed by atoms with Crippen molar-refractivity contribution in [1.29, 1.82) is 0 Å². The van der Waals surface area contributed by atoms with Crippen LogP contribution in [0, 0.1) is 0 Å². The Morgan fingerprint density at radius 2 is 1.73 bits per heavy atom. The largest absolute Gasteiger partial charge is 0.507 e. The van der Waals surface area contributed by atoms with Gasteiger partial charge in [0.15, 0.2) is 0 Å². The van der Waals surface area contributed by atoms with Gasteiger partial charge in [0, 0.05) is 46.1 Å². The maximum absolute atomic E-state index is 13.1. The molecule has 1 N–H and O–H groups in total. The maximum Gasteiger partial charge on any atom is 0.295 e. The molecular weight excluding hydrogens is 424 g/mol. The van der Waals surface area contributed by atoms with Crippen molar-refractivity contribution >= 4 is 23.1 Å². The molecule has 1 amide bonds. The lowest BCUT2D eigenvalue weighted by Crippen LogP contribution is -2.31. The van der Waals surface area contributed by atoms with Crippen molar-refractivity contribution in [3.05, 3.63) is 59.2 Å². The van der Waals surface area contributed by atoms with Crippen molar-refractivity contribution in [3.63, 3.8) is 0 Å². The number of aliphatic hydroxyl groups excluding tert-OH is 1. The molecule has 2 aromatic carbocycles. The molecule has 1 unspecified atom stereocenters. The van der Waals surface area contributed by atoms with E-state index in [-0.39, 0.29) is 11.3 Å². The number of carbonyl (C=O) groups excluding carboxylic acids is 2. The molecule has 0 aliphatic carbocycles. The van der Waals surface area contributed by atoms with E-state index in [9.17, 15) is 14.7 Å². The average Bonchev–Trinajstić information content (AvgIpc) is 3.08. The number of nitrogens with zero attached hydrogens (tertiary/aromatic N) is 2. The molecule has 0 aromatic heterocycles. The number of aliphatic hydroxyl groups is 1. The highest BCUT2D eigenvalue weighted by molar-refractivity contribution is 6.46. The Morgan fingerprint density at radius 1 is 1.03 bits per heavy atom. The Bertz CT molecular complexity index is 1050. The summed E-state index contributed by atoms with van der Waals surface area (Å²) in [6.45, 7) is 0.761. The minimum Gasteiger partial charge on any atom is -0.507 e. The molecule has 8 nitrogen and oxygen atoms in total. The fourth-order valence-corrected chi connectivity index (χ4v) is 3.93. The van der Waals surface area contributed by atoms with Gasteiger partial charge in [-0.2, -0.15) is 0 Å². The first kappa shape index (κ1) is 24.1. The second-order valence-electron chi connectivity index (χ2n) is 7.89. The van der Waals surface area contributed by atoms with Crippen LogP contribution in [0.15, 0.2) is 48.0 Å². The normalized spacial score (nSPS) is 17.4. The first-order chi connectivity index (χ1) is 15.8. The molecule has 1 heterocycles. The zero-order chi connectivity index (χ0) is 24.1. The topological polar surface area (TPSA) is 88.5 Å². The van der Waals surface area contributed by atoms with Crippen LogP contribution in [0.5, 0.6) is 11.5 Å². The van der Waals surface area contributed by atoms with Crippen LogP contribution in [0.2, 0.25) is 0 Å². The second kappa shape index (κ2) is 10.4. The van der Waals surface area contributed by atoms with Gasteiger partial charge in [0.2, 0.25) is 0 Å². The van der Waals surface area contributed by atoms with Crippen LogP contribution in [0.4, 0.5) is 5.69 Å². The van der Waals surface area contributed by atoms with Gasteiger partial charge in [-0.25, -0.2) is 0 Å². The fraction of sp³-hybridized carbons (Fsp3) is 0.360. The number of carbonyl (C=O) groups is 2. The van der Waals surface area contributed by atoms with Crippen LogP contribution in [0.1, 0.15) is 23.6 Å². The number of methoxy groups -OCH3 is 3. The van der Waals surface area contributed by atoms with Crippen LogP contribution in [0.3, 0.4) is 0 Å². The Labute approximate surface area is 194 Å². The number of ketones is 1. The first-order valence-electron chi connectivity index (χ1n) is 10.6. The van der Waals surface area contributed by atoms with Crippen molar-refractivity contribution in [3.8, 4) is 11.5 Å². The zero-order valence-corrected chi connectivity index (χ0v) is 19.6. The van der Waals surface area contributed by atoms with Gasteiger partial charge in [0.25, 0.3) is 11.7 Å². The average molecular weight is 455 g/mol. The van der Waals surface area contributed by atoms with Gasteiger partial charge in [-0.05, 0) is 36.2 Å². The van der Waals surface area contributed by atoms with E-state index in [1.54, 1.807) is 25.3 Å². The maximum atomic E-state index is 13.1. The van der Waals surface area contributed by atoms with Gasteiger partial charge < -0.3 is 29.1 Å². The van der Waals surface area contributed by atoms with Gasteiger partial charge >= 0.3 is 0 Å². The number of ether oxygens (including phenoxy) is 3. The minimum absolute atomic E-state index is 0.0264. The number of rotatable bonds is 9. The van der Waals surface area contributed by atoms with Gasteiger partial charge in [0.05, 0.1) is 31.4 Å². The highest BCUT2D eigenvalue weighted by Crippen LogP contribution is 2.41. The van der Waals surface area contributed by atoms with E-state index in [4.69, 9.17) is 14.2 Å². The molecule has 0 spiro atoms. The summed E-state index contributed by atoms with van der Waals surface area (Å²) in [4.78, 5) is 29.6. The number of hydrogen-bond donors (Lipinski definition) is 1. The molecule has 0 bridgehead atoms. The minimum atomic E-state index is -0.732. The van der Waals surface area contributed by atoms with Crippen molar-refractivity contribution in [2.75, 3.05) is 53.5 Å². The molecule has 1 aliphatic heterocycles. The quantitative estimate of drug-likeness (QED) is 0.269. The van der Waals surface area contributed by atoms with Crippen molar-refractivity contribution in [2.24, 2.45) is 0 Å². The van der Waals surface area contributed by atoms with E-state index in [1.165, 1.54) is 19.1 Å². The molecular formula is C25H30N2O6. The Morgan fingerprint density at radius 3 is 2.30 bits per heavy atom. The highest BCUT2D eigenvalue weighted by atomic mass is 16.5. The summed E-state index contributed by atoms with van der Waals surface area (Å²) in [6.07, 6.45) is 0.557. The number of hydrogen-bond acceptors (Lipinski definition) is 7. The summed E-state index contributed by atoms with van der Waals surface area (Å²) in [5.41, 5.74) is 2.04. The highest BCUT2D eigenvalue weighted by Gasteiger charge is 2.46.